The molecular weight excluding hydrogens is 264 g/mol. The molecule has 0 atom stereocenters. The minimum absolute atomic E-state index is 0.688. The molecule has 0 bridgehead atoms. The first kappa shape index (κ1) is 13.8. The third-order valence-electron chi connectivity index (χ3n) is 4.04. The van der Waals surface area contributed by atoms with Crippen molar-refractivity contribution in [1.82, 2.24) is 10.2 Å². The standard InChI is InChI=1S/C17H22N2S/c1-19-9-7-16(8-10-19)18-12-17-11-15(13-20-17)14-5-3-2-4-6-14/h2-6,11,13,16,18H,7-10,12H2,1H3. The molecule has 2 nitrogen and oxygen atoms in total. The van der Waals surface area contributed by atoms with Crippen LogP contribution in [0.15, 0.2) is 41.8 Å². The van der Waals surface area contributed by atoms with Crippen LogP contribution in [-0.2, 0) is 6.54 Å². The monoisotopic (exact) mass is 286 g/mol. The smallest absolute Gasteiger partial charge is 0.0302 e. The molecule has 3 heteroatoms. The van der Waals surface area contributed by atoms with Crippen LogP contribution < -0.4 is 5.32 Å². The molecule has 0 spiro atoms. The van der Waals surface area contributed by atoms with Crippen LogP contribution in [0, 0.1) is 0 Å². The van der Waals surface area contributed by atoms with Crippen molar-refractivity contribution >= 4 is 11.3 Å². The van der Waals surface area contributed by atoms with Gasteiger partial charge in [-0.1, -0.05) is 30.3 Å². The van der Waals surface area contributed by atoms with E-state index in [2.05, 4.69) is 59.0 Å². The highest BCUT2D eigenvalue weighted by Gasteiger charge is 2.15. The largest absolute Gasteiger partial charge is 0.309 e. The molecule has 1 N–H and O–H groups in total. The number of thiophene rings is 1. The highest BCUT2D eigenvalue weighted by molar-refractivity contribution is 7.10. The average Bonchev–Trinajstić information content (AvgIpc) is 2.97. The summed E-state index contributed by atoms with van der Waals surface area (Å²) in [5.74, 6) is 0. The molecule has 0 saturated carbocycles. The molecule has 0 amide bonds. The molecule has 1 aliphatic rings. The van der Waals surface area contributed by atoms with E-state index < -0.39 is 0 Å². The molecule has 0 radical (unpaired) electrons. The Morgan fingerprint density at radius 3 is 2.65 bits per heavy atom. The first-order valence-corrected chi connectivity index (χ1v) is 8.24. The van der Waals surface area contributed by atoms with Crippen molar-refractivity contribution in [2.24, 2.45) is 0 Å². The summed E-state index contributed by atoms with van der Waals surface area (Å²) in [7, 11) is 2.21. The minimum Gasteiger partial charge on any atom is -0.309 e. The molecule has 1 aromatic carbocycles. The summed E-state index contributed by atoms with van der Waals surface area (Å²) in [6.07, 6.45) is 2.54. The third-order valence-corrected chi connectivity index (χ3v) is 4.98. The molecule has 1 aliphatic heterocycles. The van der Waals surface area contributed by atoms with E-state index in [-0.39, 0.29) is 0 Å². The summed E-state index contributed by atoms with van der Waals surface area (Å²) in [6.45, 7) is 3.45. The maximum Gasteiger partial charge on any atom is 0.0302 e. The van der Waals surface area contributed by atoms with E-state index in [0.717, 1.165) is 6.54 Å². The lowest BCUT2D eigenvalue weighted by atomic mass is 10.1. The number of piperidine rings is 1. The van der Waals surface area contributed by atoms with E-state index in [0.29, 0.717) is 6.04 Å². The highest BCUT2D eigenvalue weighted by Crippen LogP contribution is 2.25. The summed E-state index contributed by atoms with van der Waals surface area (Å²) < 4.78 is 0. The number of rotatable bonds is 4. The highest BCUT2D eigenvalue weighted by atomic mass is 32.1. The Morgan fingerprint density at radius 1 is 1.15 bits per heavy atom. The van der Waals surface area contributed by atoms with Gasteiger partial charge < -0.3 is 10.2 Å². The zero-order chi connectivity index (χ0) is 13.8. The van der Waals surface area contributed by atoms with Crippen molar-refractivity contribution in [1.29, 1.82) is 0 Å². The van der Waals surface area contributed by atoms with Crippen LogP contribution in [0.3, 0.4) is 0 Å². The van der Waals surface area contributed by atoms with Gasteiger partial charge in [0, 0.05) is 17.5 Å². The van der Waals surface area contributed by atoms with E-state index in [1.54, 1.807) is 0 Å². The Balaban J connectivity index is 1.55. The number of nitrogens with one attached hydrogen (secondary N) is 1. The van der Waals surface area contributed by atoms with Crippen molar-refractivity contribution in [3.05, 3.63) is 46.7 Å². The lowest BCUT2D eigenvalue weighted by Gasteiger charge is -2.29. The number of benzene rings is 1. The SMILES string of the molecule is CN1CCC(NCc2cc(-c3ccccc3)cs2)CC1. The molecule has 106 valence electrons. The van der Waals surface area contributed by atoms with Gasteiger partial charge >= 0.3 is 0 Å². The van der Waals surface area contributed by atoms with Crippen LogP contribution in [0.25, 0.3) is 11.1 Å². The molecule has 0 aliphatic carbocycles. The quantitative estimate of drug-likeness (QED) is 0.924. The lowest BCUT2D eigenvalue weighted by Crippen LogP contribution is -2.40. The summed E-state index contributed by atoms with van der Waals surface area (Å²) in [5.41, 5.74) is 2.66. The Kier molecular flexibility index (Phi) is 4.51. The first-order chi connectivity index (χ1) is 9.81. The Morgan fingerprint density at radius 2 is 1.90 bits per heavy atom. The molecule has 1 saturated heterocycles. The minimum atomic E-state index is 0.688. The van der Waals surface area contributed by atoms with Gasteiger partial charge in [0.1, 0.15) is 0 Å². The summed E-state index contributed by atoms with van der Waals surface area (Å²) >= 11 is 1.86. The van der Waals surface area contributed by atoms with Crippen molar-refractivity contribution in [3.8, 4) is 11.1 Å². The van der Waals surface area contributed by atoms with Crippen LogP contribution in [0.5, 0.6) is 0 Å². The van der Waals surface area contributed by atoms with Crippen molar-refractivity contribution in [2.45, 2.75) is 25.4 Å². The van der Waals surface area contributed by atoms with Gasteiger partial charge in [-0.15, -0.1) is 11.3 Å². The maximum atomic E-state index is 3.71. The Bertz CT molecular complexity index is 527. The molecule has 0 unspecified atom stereocenters. The van der Waals surface area contributed by atoms with Gasteiger partial charge in [0.25, 0.3) is 0 Å². The molecular formula is C17H22N2S. The number of hydrogen-bond donors (Lipinski definition) is 1. The average molecular weight is 286 g/mol. The zero-order valence-electron chi connectivity index (χ0n) is 12.0. The fraction of sp³-hybridized carbons (Fsp3) is 0.412. The molecule has 1 fully saturated rings. The van der Waals surface area contributed by atoms with E-state index in [9.17, 15) is 0 Å². The third kappa shape index (κ3) is 3.48. The van der Waals surface area contributed by atoms with Crippen molar-refractivity contribution in [2.75, 3.05) is 20.1 Å². The van der Waals surface area contributed by atoms with Crippen LogP contribution >= 0.6 is 11.3 Å². The molecule has 20 heavy (non-hydrogen) atoms. The summed E-state index contributed by atoms with van der Waals surface area (Å²) in [6, 6.07) is 13.6. The second kappa shape index (κ2) is 6.53. The van der Waals surface area contributed by atoms with Gasteiger partial charge in [-0.2, -0.15) is 0 Å². The van der Waals surface area contributed by atoms with Gasteiger partial charge in [0.05, 0.1) is 0 Å². The number of hydrogen-bond acceptors (Lipinski definition) is 3. The predicted octanol–water partition coefficient (Wildman–Crippen LogP) is 3.60. The Labute approximate surface area is 125 Å². The fourth-order valence-electron chi connectivity index (χ4n) is 2.71. The van der Waals surface area contributed by atoms with Crippen molar-refractivity contribution in [3.63, 3.8) is 0 Å². The zero-order valence-corrected chi connectivity index (χ0v) is 12.8. The van der Waals surface area contributed by atoms with Gasteiger partial charge in [-0.05, 0) is 55.6 Å². The van der Waals surface area contributed by atoms with Gasteiger partial charge in [-0.25, -0.2) is 0 Å². The number of nitrogens with zero attached hydrogens (tertiary/aromatic N) is 1. The van der Waals surface area contributed by atoms with Gasteiger partial charge in [0.2, 0.25) is 0 Å². The van der Waals surface area contributed by atoms with Crippen molar-refractivity contribution < 1.29 is 0 Å². The van der Waals surface area contributed by atoms with Crippen LogP contribution in [0.2, 0.25) is 0 Å². The second-order valence-electron chi connectivity index (χ2n) is 5.63. The topological polar surface area (TPSA) is 15.3 Å². The summed E-state index contributed by atoms with van der Waals surface area (Å²) in [5, 5.41) is 5.97. The Hall–Kier alpha value is -1.16. The molecule has 2 aromatic rings. The normalized spacial score (nSPS) is 17.4. The van der Waals surface area contributed by atoms with E-state index in [1.807, 2.05) is 11.3 Å². The fourth-order valence-corrected chi connectivity index (χ4v) is 3.56. The molecule has 3 rings (SSSR count). The van der Waals surface area contributed by atoms with Gasteiger partial charge in [-0.3, -0.25) is 0 Å². The second-order valence-corrected chi connectivity index (χ2v) is 6.62. The van der Waals surface area contributed by atoms with Gasteiger partial charge in [0.15, 0.2) is 0 Å². The van der Waals surface area contributed by atoms with E-state index in [4.69, 9.17) is 0 Å². The maximum absolute atomic E-state index is 3.71. The molecule has 2 heterocycles. The molecule has 1 aromatic heterocycles. The number of likely N-dealkylation sites (tertiary alicyclic amines) is 1. The predicted molar refractivity (Wildman–Crippen MR) is 87.1 cm³/mol. The van der Waals surface area contributed by atoms with E-state index in [1.165, 1.54) is 41.9 Å². The van der Waals surface area contributed by atoms with Crippen LogP contribution in [-0.4, -0.2) is 31.1 Å². The first-order valence-electron chi connectivity index (χ1n) is 7.36. The van der Waals surface area contributed by atoms with Crippen LogP contribution in [0.1, 0.15) is 17.7 Å². The van der Waals surface area contributed by atoms with Crippen LogP contribution in [0.4, 0.5) is 0 Å². The summed E-state index contributed by atoms with van der Waals surface area (Å²) in [4.78, 5) is 3.85. The lowest BCUT2D eigenvalue weighted by molar-refractivity contribution is 0.234. The van der Waals surface area contributed by atoms with E-state index >= 15 is 0 Å².